The molecule has 140 valence electrons. The van der Waals surface area contributed by atoms with Crippen molar-refractivity contribution in [3.05, 3.63) is 71.4 Å². The van der Waals surface area contributed by atoms with E-state index in [4.69, 9.17) is 16.3 Å². The summed E-state index contributed by atoms with van der Waals surface area (Å²) in [6, 6.07) is 16.4. The summed E-state index contributed by atoms with van der Waals surface area (Å²) in [7, 11) is 0. The third-order valence-electron chi connectivity index (χ3n) is 4.09. The Balaban J connectivity index is 1.52. The Bertz CT molecular complexity index is 1140. The van der Waals surface area contributed by atoms with Crippen molar-refractivity contribution in [2.24, 2.45) is 0 Å². The number of carbonyl (C=O) groups is 1. The number of aryl methyl sites for hydroxylation is 1. The van der Waals surface area contributed by atoms with Gasteiger partial charge in [0.15, 0.2) is 12.3 Å². The maximum absolute atomic E-state index is 12.2. The van der Waals surface area contributed by atoms with E-state index in [1.807, 2.05) is 31.2 Å². The van der Waals surface area contributed by atoms with Gasteiger partial charge in [0.1, 0.15) is 11.6 Å². The van der Waals surface area contributed by atoms with Crippen LogP contribution in [0.15, 0.2) is 60.8 Å². The van der Waals surface area contributed by atoms with E-state index in [1.165, 1.54) is 0 Å². The van der Waals surface area contributed by atoms with Gasteiger partial charge in [-0.25, -0.2) is 9.97 Å². The number of hydrogen-bond donors (Lipinski definition) is 2. The Kier molecular flexibility index (Phi) is 4.95. The summed E-state index contributed by atoms with van der Waals surface area (Å²) < 4.78 is 5.46. The summed E-state index contributed by atoms with van der Waals surface area (Å²) in [6.45, 7) is 1.88. The molecular weight excluding hydrogens is 376 g/mol. The van der Waals surface area contributed by atoms with Crippen LogP contribution in [0, 0.1) is 6.92 Å². The van der Waals surface area contributed by atoms with E-state index in [0.717, 1.165) is 11.1 Å². The molecule has 2 N–H and O–H groups in total. The zero-order valence-corrected chi connectivity index (χ0v) is 15.8. The van der Waals surface area contributed by atoms with E-state index in [1.54, 1.807) is 36.5 Å². The molecule has 2 aromatic heterocycles. The number of anilines is 1. The van der Waals surface area contributed by atoms with Gasteiger partial charge in [-0.3, -0.25) is 4.79 Å². The largest absolute Gasteiger partial charge is 0.484 e. The first-order valence-corrected chi connectivity index (χ1v) is 9.06. The van der Waals surface area contributed by atoms with Gasteiger partial charge >= 0.3 is 0 Å². The van der Waals surface area contributed by atoms with Gasteiger partial charge in [-0.05, 0) is 48.9 Å². The van der Waals surface area contributed by atoms with Gasteiger partial charge in [0.05, 0.1) is 10.5 Å². The molecule has 4 aromatic rings. The second-order valence-electron chi connectivity index (χ2n) is 6.31. The topological polar surface area (TPSA) is 79.9 Å². The van der Waals surface area contributed by atoms with Crippen LogP contribution in [0.1, 0.15) is 5.56 Å². The number of rotatable bonds is 5. The predicted octanol–water partition coefficient (Wildman–Crippen LogP) is 4.60. The number of H-pyrrole nitrogens is 1. The van der Waals surface area contributed by atoms with Crippen molar-refractivity contribution in [3.8, 4) is 17.1 Å². The van der Waals surface area contributed by atoms with Crippen molar-refractivity contribution in [3.63, 3.8) is 0 Å². The minimum Gasteiger partial charge on any atom is -0.484 e. The average molecular weight is 393 g/mol. The van der Waals surface area contributed by atoms with Gasteiger partial charge in [-0.2, -0.15) is 0 Å². The van der Waals surface area contributed by atoms with E-state index < -0.39 is 0 Å². The van der Waals surface area contributed by atoms with Crippen LogP contribution in [0.25, 0.3) is 22.6 Å². The van der Waals surface area contributed by atoms with Crippen molar-refractivity contribution in [1.29, 1.82) is 0 Å². The van der Waals surface area contributed by atoms with Crippen molar-refractivity contribution in [1.82, 2.24) is 15.0 Å². The maximum atomic E-state index is 12.2. The minimum absolute atomic E-state index is 0.0875. The molecule has 2 heterocycles. The number of pyridine rings is 1. The van der Waals surface area contributed by atoms with Crippen LogP contribution in [0.3, 0.4) is 0 Å². The van der Waals surface area contributed by atoms with Gasteiger partial charge in [0.25, 0.3) is 5.91 Å². The minimum atomic E-state index is -0.265. The molecule has 0 aliphatic carbocycles. The molecule has 0 aliphatic heterocycles. The van der Waals surface area contributed by atoms with Crippen molar-refractivity contribution < 1.29 is 9.53 Å². The monoisotopic (exact) mass is 392 g/mol. The average Bonchev–Trinajstić information content (AvgIpc) is 3.11. The first kappa shape index (κ1) is 18.0. The smallest absolute Gasteiger partial charge is 0.262 e. The number of carbonyl (C=O) groups excluding carboxylic acids is 1. The normalized spacial score (nSPS) is 10.8. The predicted molar refractivity (Wildman–Crippen MR) is 110 cm³/mol. The summed E-state index contributed by atoms with van der Waals surface area (Å²) in [6.07, 6.45) is 1.76. The van der Waals surface area contributed by atoms with Gasteiger partial charge in [0, 0.05) is 17.4 Å². The van der Waals surface area contributed by atoms with Gasteiger partial charge in [0.2, 0.25) is 0 Å². The number of ether oxygens (including phenoxy) is 1. The third kappa shape index (κ3) is 3.97. The van der Waals surface area contributed by atoms with Crippen LogP contribution in [-0.4, -0.2) is 27.5 Å². The number of imidazole rings is 1. The second kappa shape index (κ2) is 7.70. The van der Waals surface area contributed by atoms with Crippen LogP contribution in [-0.2, 0) is 4.79 Å². The number of nitrogens with zero attached hydrogens (tertiary/aromatic N) is 2. The molecule has 1 amide bonds. The lowest BCUT2D eigenvalue weighted by Gasteiger charge is -2.09. The molecule has 0 aliphatic rings. The Morgan fingerprint density at radius 3 is 2.82 bits per heavy atom. The SMILES string of the molecule is Cc1cnc2nc(-c3cc(NC(=O)COc4ccccc4)ccc3Cl)[nH]c2c1. The molecule has 0 spiro atoms. The van der Waals surface area contributed by atoms with Crippen LogP contribution in [0.5, 0.6) is 5.75 Å². The number of amides is 1. The quantitative estimate of drug-likeness (QED) is 0.520. The molecule has 6 nitrogen and oxygen atoms in total. The van der Waals surface area contributed by atoms with Crippen molar-refractivity contribution in [2.75, 3.05) is 11.9 Å². The summed E-state index contributed by atoms with van der Waals surface area (Å²) in [4.78, 5) is 24.2. The summed E-state index contributed by atoms with van der Waals surface area (Å²) >= 11 is 6.35. The van der Waals surface area contributed by atoms with Crippen LogP contribution >= 0.6 is 11.6 Å². The lowest BCUT2D eigenvalue weighted by molar-refractivity contribution is -0.118. The first-order chi connectivity index (χ1) is 13.6. The van der Waals surface area contributed by atoms with Crippen LogP contribution in [0.4, 0.5) is 5.69 Å². The molecule has 0 atom stereocenters. The molecule has 0 unspecified atom stereocenters. The summed E-state index contributed by atoms with van der Waals surface area (Å²) in [5.74, 6) is 0.966. The molecule has 0 saturated carbocycles. The van der Waals surface area contributed by atoms with Crippen LogP contribution in [0.2, 0.25) is 5.02 Å². The number of aromatic nitrogens is 3. The number of fused-ring (bicyclic) bond motifs is 1. The zero-order chi connectivity index (χ0) is 19.5. The molecule has 0 radical (unpaired) electrons. The van der Waals surface area contributed by atoms with Crippen molar-refractivity contribution >= 4 is 34.4 Å². The summed E-state index contributed by atoms with van der Waals surface area (Å²) in [5.41, 5.74) is 3.76. The van der Waals surface area contributed by atoms with Crippen molar-refractivity contribution in [2.45, 2.75) is 6.92 Å². The van der Waals surface area contributed by atoms with Gasteiger partial charge < -0.3 is 15.0 Å². The Labute approximate surface area is 166 Å². The van der Waals surface area contributed by atoms with Gasteiger partial charge in [-0.15, -0.1) is 0 Å². The molecule has 0 saturated heterocycles. The molecule has 2 aromatic carbocycles. The van der Waals surface area contributed by atoms with E-state index in [0.29, 0.717) is 33.5 Å². The Morgan fingerprint density at radius 2 is 2.00 bits per heavy atom. The van der Waals surface area contributed by atoms with E-state index >= 15 is 0 Å². The van der Waals surface area contributed by atoms with E-state index in [9.17, 15) is 4.79 Å². The second-order valence-corrected chi connectivity index (χ2v) is 6.72. The lowest BCUT2D eigenvalue weighted by atomic mass is 10.2. The zero-order valence-electron chi connectivity index (χ0n) is 15.1. The fraction of sp³-hybridized carbons (Fsp3) is 0.0952. The fourth-order valence-electron chi connectivity index (χ4n) is 2.78. The Hall–Kier alpha value is -3.38. The van der Waals surface area contributed by atoms with E-state index in [-0.39, 0.29) is 12.5 Å². The number of halogens is 1. The molecular formula is C21H17ClN4O2. The highest BCUT2D eigenvalue weighted by molar-refractivity contribution is 6.33. The van der Waals surface area contributed by atoms with Crippen LogP contribution < -0.4 is 10.1 Å². The molecule has 0 fully saturated rings. The molecule has 7 heteroatoms. The number of benzene rings is 2. The van der Waals surface area contributed by atoms with Gasteiger partial charge in [-0.1, -0.05) is 29.8 Å². The third-order valence-corrected chi connectivity index (χ3v) is 4.42. The standard InChI is InChI=1S/C21H17ClN4O2/c1-13-9-18-21(23-11-13)26-20(25-18)16-10-14(7-8-17(16)22)24-19(27)12-28-15-5-3-2-4-6-15/h2-11H,12H2,1H3,(H,24,27)(H,23,25,26). The Morgan fingerprint density at radius 1 is 1.18 bits per heavy atom. The fourth-order valence-corrected chi connectivity index (χ4v) is 2.99. The number of para-hydroxylation sites is 1. The number of aromatic amines is 1. The van der Waals surface area contributed by atoms with E-state index in [2.05, 4.69) is 20.3 Å². The molecule has 4 rings (SSSR count). The highest BCUT2D eigenvalue weighted by atomic mass is 35.5. The first-order valence-electron chi connectivity index (χ1n) is 8.68. The maximum Gasteiger partial charge on any atom is 0.262 e. The number of nitrogens with one attached hydrogen (secondary N) is 2. The highest BCUT2D eigenvalue weighted by Crippen LogP contribution is 2.30. The molecule has 28 heavy (non-hydrogen) atoms. The lowest BCUT2D eigenvalue weighted by Crippen LogP contribution is -2.20. The molecule has 0 bridgehead atoms. The number of hydrogen-bond acceptors (Lipinski definition) is 4. The highest BCUT2D eigenvalue weighted by Gasteiger charge is 2.12. The summed E-state index contributed by atoms with van der Waals surface area (Å²) in [5, 5.41) is 3.34.